The van der Waals surface area contributed by atoms with Crippen molar-refractivity contribution in [1.29, 1.82) is 0 Å². The molecule has 0 saturated carbocycles. The second-order valence-electron chi connectivity index (χ2n) is 1.49. The van der Waals surface area contributed by atoms with Crippen molar-refractivity contribution >= 4 is 11.6 Å². The fourth-order valence-electron chi connectivity index (χ4n) is 0.517. The van der Waals surface area contributed by atoms with Gasteiger partial charge in [-0.1, -0.05) is 0 Å². The zero-order valence-corrected chi connectivity index (χ0v) is 9.74. The maximum atomic E-state index is 5.44. The number of hydrogen-bond acceptors (Lipinski definition) is 2. The summed E-state index contributed by atoms with van der Waals surface area (Å²) in [6.07, 6.45) is 5.39. The molecule has 0 radical (unpaired) electrons. The van der Waals surface area contributed by atoms with Crippen LogP contribution < -0.4 is 51.4 Å². The van der Waals surface area contributed by atoms with E-state index in [4.69, 9.17) is 11.6 Å². The van der Waals surface area contributed by atoms with Gasteiger partial charge in [0, 0.05) is 24.8 Å². The van der Waals surface area contributed by atoms with E-state index in [9.17, 15) is 0 Å². The molecule has 0 atom stereocenters. The van der Waals surface area contributed by atoms with Gasteiger partial charge in [0.05, 0.1) is 6.33 Å². The largest absolute Gasteiger partial charge is 1.00 e. The number of imidazole rings is 1. The van der Waals surface area contributed by atoms with Crippen LogP contribution in [-0.2, 0) is 6.54 Å². The normalized spacial score (nSPS) is 7.70. The Balaban J connectivity index is 0. The van der Waals surface area contributed by atoms with Gasteiger partial charge in [0.15, 0.2) is 0 Å². The number of rotatable bonds is 2. The third kappa shape index (κ3) is 4.84. The Morgan fingerprint density at radius 2 is 2.20 bits per heavy atom. The van der Waals surface area contributed by atoms with Crippen LogP contribution in [0.2, 0.25) is 0 Å². The molecule has 0 aliphatic carbocycles. The average Bonchev–Trinajstić information content (AvgIpc) is 2.19. The molecular formula is C5H8ClKN2O. The molecule has 0 aromatic carbocycles. The standard InChI is InChI=1S/C5H7ClN2.K.H2O/c6-1-3-8-4-2-7-5-8;;/h2,4-5H,1,3H2;;1H2/q;+1;/p-1. The minimum atomic E-state index is 0. The summed E-state index contributed by atoms with van der Waals surface area (Å²) >= 11 is 5.44. The van der Waals surface area contributed by atoms with Gasteiger partial charge >= 0.3 is 51.4 Å². The van der Waals surface area contributed by atoms with E-state index in [1.807, 2.05) is 10.8 Å². The van der Waals surface area contributed by atoms with Crippen LogP contribution in [-0.4, -0.2) is 20.9 Å². The molecule has 0 fully saturated rings. The van der Waals surface area contributed by atoms with Gasteiger partial charge in [-0.3, -0.25) is 0 Å². The van der Waals surface area contributed by atoms with Gasteiger partial charge in [0.25, 0.3) is 0 Å². The molecule has 0 spiro atoms. The second-order valence-corrected chi connectivity index (χ2v) is 1.87. The first-order chi connectivity index (χ1) is 3.93. The first-order valence-corrected chi connectivity index (χ1v) is 2.98. The van der Waals surface area contributed by atoms with Crippen molar-refractivity contribution in [2.24, 2.45) is 0 Å². The van der Waals surface area contributed by atoms with Gasteiger partial charge in [-0.25, -0.2) is 4.98 Å². The zero-order valence-electron chi connectivity index (χ0n) is 5.87. The molecule has 0 unspecified atom stereocenters. The molecule has 0 aliphatic rings. The minimum Gasteiger partial charge on any atom is -0.870 e. The Bertz CT molecular complexity index is 145. The Hall–Kier alpha value is 1.10. The van der Waals surface area contributed by atoms with E-state index >= 15 is 0 Å². The molecule has 0 saturated heterocycles. The SMILES string of the molecule is ClCCn1ccnc1.[K+].[OH-]. The monoisotopic (exact) mass is 186 g/mol. The molecule has 10 heavy (non-hydrogen) atoms. The van der Waals surface area contributed by atoms with E-state index < -0.39 is 0 Å². The summed E-state index contributed by atoms with van der Waals surface area (Å²) in [5, 5.41) is 0. The number of aryl methyl sites for hydroxylation is 1. The molecule has 1 heterocycles. The van der Waals surface area contributed by atoms with Crippen LogP contribution in [0.25, 0.3) is 0 Å². The Labute approximate surface area is 108 Å². The molecule has 1 N–H and O–H groups in total. The Morgan fingerprint density at radius 3 is 2.60 bits per heavy atom. The smallest absolute Gasteiger partial charge is 0.870 e. The summed E-state index contributed by atoms with van der Waals surface area (Å²) < 4.78 is 1.94. The summed E-state index contributed by atoms with van der Waals surface area (Å²) in [6.45, 7) is 0.849. The van der Waals surface area contributed by atoms with Crippen molar-refractivity contribution in [1.82, 2.24) is 9.55 Å². The predicted octanol–water partition coefficient (Wildman–Crippen LogP) is -2.05. The van der Waals surface area contributed by atoms with E-state index in [0.29, 0.717) is 5.88 Å². The molecule has 1 aromatic heterocycles. The molecule has 52 valence electrons. The predicted molar refractivity (Wildman–Crippen MR) is 34.9 cm³/mol. The molecule has 1 aromatic rings. The molecule has 0 bridgehead atoms. The van der Waals surface area contributed by atoms with Crippen molar-refractivity contribution in [3.63, 3.8) is 0 Å². The number of halogens is 1. The fraction of sp³-hybridized carbons (Fsp3) is 0.400. The topological polar surface area (TPSA) is 47.8 Å². The van der Waals surface area contributed by atoms with Gasteiger partial charge in [-0.2, -0.15) is 0 Å². The summed E-state index contributed by atoms with van der Waals surface area (Å²) in [5.41, 5.74) is 0. The van der Waals surface area contributed by atoms with Crippen molar-refractivity contribution in [3.8, 4) is 0 Å². The van der Waals surface area contributed by atoms with Gasteiger partial charge in [-0.05, 0) is 0 Å². The van der Waals surface area contributed by atoms with Crippen LogP contribution in [0.3, 0.4) is 0 Å². The quantitative estimate of drug-likeness (QED) is 0.395. The Morgan fingerprint density at radius 1 is 1.50 bits per heavy atom. The van der Waals surface area contributed by atoms with Crippen LogP contribution in [0, 0.1) is 0 Å². The van der Waals surface area contributed by atoms with Crippen LogP contribution >= 0.6 is 11.6 Å². The molecular weight excluding hydrogens is 179 g/mol. The van der Waals surface area contributed by atoms with Crippen LogP contribution in [0.5, 0.6) is 0 Å². The Kier molecular flexibility index (Phi) is 11.2. The van der Waals surface area contributed by atoms with Gasteiger partial charge < -0.3 is 10.0 Å². The van der Waals surface area contributed by atoms with Crippen molar-refractivity contribution in [2.45, 2.75) is 6.54 Å². The number of aromatic nitrogens is 2. The van der Waals surface area contributed by atoms with Gasteiger partial charge in [-0.15, -0.1) is 11.6 Å². The molecule has 0 amide bonds. The van der Waals surface area contributed by atoms with E-state index in [1.54, 1.807) is 12.5 Å². The molecule has 1 rings (SSSR count). The second kappa shape index (κ2) is 8.20. The summed E-state index contributed by atoms with van der Waals surface area (Å²) in [4.78, 5) is 3.85. The first-order valence-electron chi connectivity index (χ1n) is 2.45. The number of hydrogen-bond donors (Lipinski definition) is 0. The van der Waals surface area contributed by atoms with E-state index in [0.717, 1.165) is 6.54 Å². The van der Waals surface area contributed by atoms with Gasteiger partial charge in [0.1, 0.15) is 0 Å². The van der Waals surface area contributed by atoms with Crippen molar-refractivity contribution < 1.29 is 56.9 Å². The van der Waals surface area contributed by atoms with Crippen LogP contribution in [0.15, 0.2) is 18.7 Å². The number of nitrogens with zero attached hydrogens (tertiary/aromatic N) is 2. The van der Waals surface area contributed by atoms with E-state index in [-0.39, 0.29) is 56.9 Å². The van der Waals surface area contributed by atoms with Crippen molar-refractivity contribution in [2.75, 3.05) is 5.88 Å². The maximum absolute atomic E-state index is 5.44. The molecule has 5 heteroatoms. The van der Waals surface area contributed by atoms with Gasteiger partial charge in [0.2, 0.25) is 0 Å². The van der Waals surface area contributed by atoms with E-state index in [1.165, 1.54) is 0 Å². The van der Waals surface area contributed by atoms with Crippen LogP contribution in [0.4, 0.5) is 0 Å². The molecule has 3 nitrogen and oxygen atoms in total. The number of alkyl halides is 1. The third-order valence-corrected chi connectivity index (χ3v) is 1.07. The van der Waals surface area contributed by atoms with E-state index in [2.05, 4.69) is 4.98 Å². The van der Waals surface area contributed by atoms with Crippen LogP contribution in [0.1, 0.15) is 0 Å². The summed E-state index contributed by atoms with van der Waals surface area (Å²) in [6, 6.07) is 0. The fourth-order valence-corrected chi connectivity index (χ4v) is 0.712. The maximum Gasteiger partial charge on any atom is 1.00 e. The van der Waals surface area contributed by atoms with Crippen molar-refractivity contribution in [3.05, 3.63) is 18.7 Å². The first kappa shape index (κ1) is 13.7. The third-order valence-electron chi connectivity index (χ3n) is 0.902. The summed E-state index contributed by atoms with van der Waals surface area (Å²) in [7, 11) is 0. The minimum absolute atomic E-state index is 0. The summed E-state index contributed by atoms with van der Waals surface area (Å²) in [5.74, 6) is 0.649. The average molecular weight is 187 g/mol. The molecule has 0 aliphatic heterocycles. The zero-order chi connectivity index (χ0) is 5.82.